The van der Waals surface area contributed by atoms with Crippen LogP contribution in [0.5, 0.6) is 0 Å². The summed E-state index contributed by atoms with van der Waals surface area (Å²) in [6, 6.07) is 0. The average Bonchev–Trinajstić information content (AvgIpc) is 2.52. The second-order valence-corrected chi connectivity index (χ2v) is 5.57. The summed E-state index contributed by atoms with van der Waals surface area (Å²) in [6.07, 6.45) is 2.56. The molecule has 0 spiro atoms. The molecule has 1 saturated heterocycles. The van der Waals surface area contributed by atoms with E-state index >= 15 is 0 Å². The Morgan fingerprint density at radius 2 is 2.26 bits per heavy atom. The Kier molecular flexibility index (Phi) is 3.90. The highest BCUT2D eigenvalue weighted by Crippen LogP contribution is 2.39. The fraction of sp³-hybridized carbons (Fsp3) is 0.600. The first kappa shape index (κ1) is 14.0. The van der Waals surface area contributed by atoms with Gasteiger partial charge in [0.2, 0.25) is 0 Å². The van der Waals surface area contributed by atoms with Gasteiger partial charge in [0, 0.05) is 12.0 Å². The van der Waals surface area contributed by atoms with Gasteiger partial charge < -0.3 is 14.6 Å². The van der Waals surface area contributed by atoms with E-state index in [4.69, 9.17) is 4.74 Å². The number of hydrogen-bond donors (Lipinski definition) is 1. The maximum Gasteiger partial charge on any atom is 0.334 e. The summed E-state index contributed by atoms with van der Waals surface area (Å²) < 4.78 is 5.27. The Balaban J connectivity index is 2.18. The first-order valence-electron chi connectivity index (χ1n) is 6.68. The lowest BCUT2D eigenvalue weighted by molar-refractivity contribution is -0.139. The number of hydrogen-bond acceptors (Lipinski definition) is 4. The summed E-state index contributed by atoms with van der Waals surface area (Å²) >= 11 is 0. The highest BCUT2D eigenvalue weighted by atomic mass is 16.6. The molecule has 0 aromatic rings. The molecule has 19 heavy (non-hydrogen) atoms. The van der Waals surface area contributed by atoms with Crippen LogP contribution in [0, 0.1) is 11.8 Å². The summed E-state index contributed by atoms with van der Waals surface area (Å²) in [7, 11) is 0. The van der Waals surface area contributed by atoms with Crippen molar-refractivity contribution in [2.75, 3.05) is 0 Å². The zero-order chi connectivity index (χ0) is 14.2. The van der Waals surface area contributed by atoms with Crippen LogP contribution in [-0.4, -0.2) is 29.1 Å². The van der Waals surface area contributed by atoms with Crippen molar-refractivity contribution in [3.63, 3.8) is 0 Å². The monoisotopic (exact) mass is 264 g/mol. The molecule has 4 atom stereocenters. The van der Waals surface area contributed by atoms with E-state index in [9.17, 15) is 14.7 Å². The molecular formula is C15H20O4. The van der Waals surface area contributed by atoms with Crippen molar-refractivity contribution in [1.29, 1.82) is 0 Å². The lowest BCUT2D eigenvalue weighted by Gasteiger charge is -2.19. The second-order valence-electron chi connectivity index (χ2n) is 5.57. The van der Waals surface area contributed by atoms with Gasteiger partial charge in [-0.05, 0) is 25.7 Å². The van der Waals surface area contributed by atoms with Crippen LogP contribution in [0.25, 0.3) is 0 Å². The zero-order valence-corrected chi connectivity index (χ0v) is 11.4. The minimum Gasteiger partial charge on any atom is -0.458 e. The number of ether oxygens (including phenoxy) is 1. The molecule has 1 aliphatic carbocycles. The van der Waals surface area contributed by atoms with Crippen molar-refractivity contribution in [2.45, 2.75) is 45.3 Å². The molecule has 2 aliphatic rings. The van der Waals surface area contributed by atoms with Crippen molar-refractivity contribution in [1.82, 2.24) is 0 Å². The van der Waals surface area contributed by atoms with E-state index in [-0.39, 0.29) is 23.7 Å². The van der Waals surface area contributed by atoms with Crippen LogP contribution >= 0.6 is 0 Å². The molecule has 1 heterocycles. The SMILES string of the molecule is C=C1C(=O)O[C@H]2C[C@@H](C)C(CCC(C)=O)=C[C@@H](O)[C@@H]12. The molecular weight excluding hydrogens is 244 g/mol. The van der Waals surface area contributed by atoms with E-state index in [1.807, 2.05) is 6.92 Å². The van der Waals surface area contributed by atoms with Crippen molar-refractivity contribution in [2.24, 2.45) is 11.8 Å². The van der Waals surface area contributed by atoms with Crippen molar-refractivity contribution in [3.05, 3.63) is 23.8 Å². The lowest BCUT2D eigenvalue weighted by Crippen LogP contribution is -2.26. The predicted molar refractivity (Wildman–Crippen MR) is 70.3 cm³/mol. The third kappa shape index (κ3) is 2.78. The molecule has 1 aliphatic heterocycles. The van der Waals surface area contributed by atoms with Gasteiger partial charge in [-0.1, -0.05) is 25.2 Å². The number of esters is 1. The van der Waals surface area contributed by atoms with E-state index in [0.717, 1.165) is 5.57 Å². The molecule has 0 aromatic heterocycles. The van der Waals surface area contributed by atoms with Crippen molar-refractivity contribution in [3.8, 4) is 0 Å². The molecule has 104 valence electrons. The number of rotatable bonds is 3. The van der Waals surface area contributed by atoms with Gasteiger partial charge in [-0.25, -0.2) is 4.79 Å². The van der Waals surface area contributed by atoms with Gasteiger partial charge in [0.15, 0.2) is 0 Å². The molecule has 1 N–H and O–H groups in total. The van der Waals surface area contributed by atoms with E-state index in [1.165, 1.54) is 0 Å². The quantitative estimate of drug-likeness (QED) is 0.479. The number of fused-ring (bicyclic) bond motifs is 1. The highest BCUT2D eigenvalue weighted by molar-refractivity contribution is 5.91. The van der Waals surface area contributed by atoms with Gasteiger partial charge >= 0.3 is 5.97 Å². The fourth-order valence-corrected chi connectivity index (χ4v) is 2.90. The Labute approximate surface area is 113 Å². The normalized spacial score (nSPS) is 34.4. The maximum atomic E-state index is 11.5. The van der Waals surface area contributed by atoms with Crippen LogP contribution in [0.3, 0.4) is 0 Å². The number of carbonyl (C=O) groups is 2. The van der Waals surface area contributed by atoms with Gasteiger partial charge in [-0.15, -0.1) is 0 Å². The van der Waals surface area contributed by atoms with Gasteiger partial charge in [0.25, 0.3) is 0 Å². The third-order valence-electron chi connectivity index (χ3n) is 4.06. The molecule has 0 amide bonds. The molecule has 2 rings (SSSR count). The number of aliphatic hydroxyl groups is 1. The lowest BCUT2D eigenvalue weighted by atomic mass is 9.89. The molecule has 0 unspecified atom stereocenters. The number of Topliss-reactive ketones (excluding diaryl/α,β-unsaturated/α-hetero) is 1. The molecule has 4 nitrogen and oxygen atoms in total. The van der Waals surface area contributed by atoms with E-state index < -0.39 is 12.1 Å². The first-order chi connectivity index (χ1) is 8.90. The number of allylic oxidation sites excluding steroid dienone is 1. The standard InChI is InChI=1S/C15H20O4/c1-8-6-13-14(10(3)15(18)19-13)12(17)7-11(8)5-4-9(2)16/h7-8,12-14,17H,3-6H2,1-2H3/t8-,12-,13+,14-/m1/s1. The topological polar surface area (TPSA) is 63.6 Å². The minimum atomic E-state index is -0.754. The van der Waals surface area contributed by atoms with Gasteiger partial charge in [0.05, 0.1) is 12.0 Å². The summed E-state index contributed by atoms with van der Waals surface area (Å²) in [5, 5.41) is 10.2. The highest BCUT2D eigenvalue weighted by Gasteiger charge is 2.44. The largest absolute Gasteiger partial charge is 0.458 e. The molecule has 0 aromatic carbocycles. The third-order valence-corrected chi connectivity index (χ3v) is 4.06. The van der Waals surface area contributed by atoms with Crippen LogP contribution in [-0.2, 0) is 14.3 Å². The molecule has 1 fully saturated rings. The van der Waals surface area contributed by atoms with Crippen LogP contribution in [0.2, 0.25) is 0 Å². The van der Waals surface area contributed by atoms with E-state index in [0.29, 0.717) is 24.8 Å². The van der Waals surface area contributed by atoms with Crippen molar-refractivity contribution < 1.29 is 19.4 Å². The van der Waals surface area contributed by atoms with Crippen LogP contribution < -0.4 is 0 Å². The van der Waals surface area contributed by atoms with Crippen LogP contribution in [0.1, 0.15) is 33.1 Å². The van der Waals surface area contributed by atoms with E-state index in [2.05, 4.69) is 6.58 Å². The van der Waals surface area contributed by atoms with Gasteiger partial charge in [-0.3, -0.25) is 0 Å². The summed E-state index contributed by atoms with van der Waals surface area (Å²) in [4.78, 5) is 22.6. The number of aliphatic hydroxyl groups excluding tert-OH is 1. The van der Waals surface area contributed by atoms with Gasteiger partial charge in [0.1, 0.15) is 11.9 Å². The number of carbonyl (C=O) groups excluding carboxylic acids is 2. The van der Waals surface area contributed by atoms with Crippen LogP contribution in [0.4, 0.5) is 0 Å². The molecule has 0 saturated carbocycles. The number of ketones is 1. The Morgan fingerprint density at radius 1 is 1.58 bits per heavy atom. The maximum absolute atomic E-state index is 11.5. The summed E-state index contributed by atoms with van der Waals surface area (Å²) in [5.74, 6) is -0.405. The second kappa shape index (κ2) is 5.29. The predicted octanol–water partition coefficient (Wildman–Crippen LogP) is 1.78. The first-order valence-corrected chi connectivity index (χ1v) is 6.68. The Morgan fingerprint density at radius 3 is 2.89 bits per heavy atom. The van der Waals surface area contributed by atoms with E-state index in [1.54, 1.807) is 13.0 Å². The average molecular weight is 264 g/mol. The summed E-state index contributed by atoms with van der Waals surface area (Å²) in [6.45, 7) is 7.32. The summed E-state index contributed by atoms with van der Waals surface area (Å²) in [5.41, 5.74) is 1.43. The molecule has 0 radical (unpaired) electrons. The zero-order valence-electron chi connectivity index (χ0n) is 11.4. The Hall–Kier alpha value is -1.42. The van der Waals surface area contributed by atoms with Crippen LogP contribution in [0.15, 0.2) is 23.8 Å². The molecule has 4 heteroatoms. The molecule has 0 bridgehead atoms. The van der Waals surface area contributed by atoms with Crippen molar-refractivity contribution >= 4 is 11.8 Å². The smallest absolute Gasteiger partial charge is 0.334 e. The fourth-order valence-electron chi connectivity index (χ4n) is 2.90. The Bertz CT molecular complexity index is 449. The minimum absolute atomic E-state index is 0.142. The van der Waals surface area contributed by atoms with Gasteiger partial charge in [-0.2, -0.15) is 0 Å².